The SMILES string of the molecule is CCC1COCCN1C(CN)CCSC. The largest absolute Gasteiger partial charge is 0.378 e. The van der Waals surface area contributed by atoms with E-state index in [2.05, 4.69) is 18.1 Å². The number of rotatable bonds is 6. The molecule has 0 aromatic rings. The Bertz CT molecular complexity index is 169. The molecule has 90 valence electrons. The van der Waals surface area contributed by atoms with Gasteiger partial charge in [0, 0.05) is 25.2 Å². The molecule has 0 aromatic carbocycles. The molecule has 1 saturated heterocycles. The molecule has 0 radical (unpaired) electrons. The first-order chi connectivity index (χ1) is 7.33. The fraction of sp³-hybridized carbons (Fsp3) is 1.00. The highest BCUT2D eigenvalue weighted by molar-refractivity contribution is 7.98. The van der Waals surface area contributed by atoms with Gasteiger partial charge in [0.15, 0.2) is 0 Å². The third kappa shape index (κ3) is 3.94. The summed E-state index contributed by atoms with van der Waals surface area (Å²) in [6.07, 6.45) is 4.52. The molecule has 1 heterocycles. The monoisotopic (exact) mass is 232 g/mol. The summed E-state index contributed by atoms with van der Waals surface area (Å²) < 4.78 is 5.51. The molecular weight excluding hydrogens is 208 g/mol. The lowest BCUT2D eigenvalue weighted by atomic mass is 10.1. The van der Waals surface area contributed by atoms with Gasteiger partial charge in [-0.1, -0.05) is 6.92 Å². The molecule has 1 aliphatic rings. The molecule has 1 aliphatic heterocycles. The summed E-state index contributed by atoms with van der Waals surface area (Å²) in [5, 5.41) is 0. The van der Waals surface area contributed by atoms with Gasteiger partial charge in [-0.3, -0.25) is 4.90 Å². The summed E-state index contributed by atoms with van der Waals surface area (Å²) in [5.74, 6) is 1.20. The van der Waals surface area contributed by atoms with Gasteiger partial charge >= 0.3 is 0 Å². The lowest BCUT2D eigenvalue weighted by Gasteiger charge is -2.40. The van der Waals surface area contributed by atoms with Crippen LogP contribution in [0.15, 0.2) is 0 Å². The van der Waals surface area contributed by atoms with Crippen molar-refractivity contribution in [3.8, 4) is 0 Å². The molecule has 4 heteroatoms. The Hall–Kier alpha value is 0.230. The van der Waals surface area contributed by atoms with Crippen molar-refractivity contribution < 1.29 is 4.74 Å². The second-order valence-corrected chi connectivity index (χ2v) is 5.03. The van der Waals surface area contributed by atoms with Crippen LogP contribution in [0.2, 0.25) is 0 Å². The first-order valence-electron chi connectivity index (χ1n) is 5.86. The van der Waals surface area contributed by atoms with Crippen LogP contribution >= 0.6 is 11.8 Å². The Balaban J connectivity index is 2.47. The van der Waals surface area contributed by atoms with Crippen LogP contribution in [0, 0.1) is 0 Å². The van der Waals surface area contributed by atoms with Crippen LogP contribution in [0.25, 0.3) is 0 Å². The van der Waals surface area contributed by atoms with Crippen LogP contribution in [-0.4, -0.2) is 55.3 Å². The van der Waals surface area contributed by atoms with Crippen molar-refractivity contribution in [2.75, 3.05) is 38.3 Å². The quantitative estimate of drug-likeness (QED) is 0.746. The van der Waals surface area contributed by atoms with Gasteiger partial charge in [-0.2, -0.15) is 11.8 Å². The number of nitrogens with zero attached hydrogens (tertiary/aromatic N) is 1. The number of hydrogen-bond acceptors (Lipinski definition) is 4. The number of hydrogen-bond donors (Lipinski definition) is 1. The van der Waals surface area contributed by atoms with Crippen molar-refractivity contribution in [2.45, 2.75) is 31.8 Å². The first-order valence-corrected chi connectivity index (χ1v) is 7.25. The van der Waals surface area contributed by atoms with E-state index in [4.69, 9.17) is 10.5 Å². The fourth-order valence-electron chi connectivity index (χ4n) is 2.17. The first kappa shape index (κ1) is 13.3. The third-order valence-electron chi connectivity index (χ3n) is 3.14. The molecule has 0 aromatic heterocycles. The molecule has 0 spiro atoms. The van der Waals surface area contributed by atoms with Gasteiger partial charge < -0.3 is 10.5 Å². The zero-order chi connectivity index (χ0) is 11.1. The van der Waals surface area contributed by atoms with Crippen LogP contribution in [0.3, 0.4) is 0 Å². The predicted molar refractivity (Wildman–Crippen MR) is 67.4 cm³/mol. The summed E-state index contributed by atoms with van der Waals surface area (Å²) in [7, 11) is 0. The highest BCUT2D eigenvalue weighted by Crippen LogP contribution is 2.16. The van der Waals surface area contributed by atoms with E-state index in [0.717, 1.165) is 32.7 Å². The van der Waals surface area contributed by atoms with E-state index in [1.54, 1.807) is 0 Å². The molecule has 2 unspecified atom stereocenters. The van der Waals surface area contributed by atoms with Crippen LogP contribution in [0.5, 0.6) is 0 Å². The molecule has 1 rings (SSSR count). The Labute approximate surface area is 97.7 Å². The number of thioether (sulfide) groups is 1. The molecule has 3 nitrogen and oxygen atoms in total. The average Bonchev–Trinajstić information content (AvgIpc) is 2.30. The van der Waals surface area contributed by atoms with E-state index in [1.165, 1.54) is 12.2 Å². The van der Waals surface area contributed by atoms with Crippen molar-refractivity contribution in [1.29, 1.82) is 0 Å². The molecule has 0 amide bonds. The molecule has 2 N–H and O–H groups in total. The Morgan fingerprint density at radius 1 is 1.60 bits per heavy atom. The van der Waals surface area contributed by atoms with E-state index in [0.29, 0.717) is 12.1 Å². The van der Waals surface area contributed by atoms with Gasteiger partial charge in [0.2, 0.25) is 0 Å². The minimum absolute atomic E-state index is 0.547. The summed E-state index contributed by atoms with van der Waals surface area (Å²) in [6, 6.07) is 1.13. The lowest BCUT2D eigenvalue weighted by molar-refractivity contribution is -0.0287. The van der Waals surface area contributed by atoms with Gasteiger partial charge in [0.1, 0.15) is 0 Å². The Morgan fingerprint density at radius 2 is 2.40 bits per heavy atom. The highest BCUT2D eigenvalue weighted by atomic mass is 32.2. The van der Waals surface area contributed by atoms with Gasteiger partial charge in [-0.15, -0.1) is 0 Å². The minimum Gasteiger partial charge on any atom is -0.378 e. The van der Waals surface area contributed by atoms with E-state index in [9.17, 15) is 0 Å². The van der Waals surface area contributed by atoms with Gasteiger partial charge in [0.25, 0.3) is 0 Å². The maximum absolute atomic E-state index is 5.87. The number of morpholine rings is 1. The summed E-state index contributed by atoms with van der Waals surface area (Å²) in [5.41, 5.74) is 5.87. The molecule has 0 bridgehead atoms. The average molecular weight is 232 g/mol. The molecule has 0 aliphatic carbocycles. The van der Waals surface area contributed by atoms with E-state index < -0.39 is 0 Å². The minimum atomic E-state index is 0.547. The maximum atomic E-state index is 5.87. The normalized spacial score (nSPS) is 25.4. The van der Waals surface area contributed by atoms with Gasteiger partial charge in [-0.25, -0.2) is 0 Å². The Morgan fingerprint density at radius 3 is 3.00 bits per heavy atom. The molecule has 1 fully saturated rings. The van der Waals surface area contributed by atoms with Crippen molar-refractivity contribution >= 4 is 11.8 Å². The number of nitrogens with two attached hydrogens (primary N) is 1. The van der Waals surface area contributed by atoms with E-state index >= 15 is 0 Å². The van der Waals surface area contributed by atoms with Crippen LogP contribution < -0.4 is 5.73 Å². The van der Waals surface area contributed by atoms with Crippen LogP contribution in [0.1, 0.15) is 19.8 Å². The number of ether oxygens (including phenoxy) is 1. The van der Waals surface area contributed by atoms with Crippen molar-refractivity contribution in [2.24, 2.45) is 5.73 Å². The van der Waals surface area contributed by atoms with Gasteiger partial charge in [-0.05, 0) is 24.9 Å². The second kappa shape index (κ2) is 7.49. The highest BCUT2D eigenvalue weighted by Gasteiger charge is 2.26. The molecule has 0 saturated carbocycles. The zero-order valence-electron chi connectivity index (χ0n) is 9.95. The van der Waals surface area contributed by atoms with Crippen molar-refractivity contribution in [3.63, 3.8) is 0 Å². The smallest absolute Gasteiger partial charge is 0.0622 e. The predicted octanol–water partition coefficient (Wildman–Crippen LogP) is 1.18. The Kier molecular flexibility index (Phi) is 6.64. The summed E-state index contributed by atoms with van der Waals surface area (Å²) in [6.45, 7) is 5.80. The van der Waals surface area contributed by atoms with Gasteiger partial charge in [0.05, 0.1) is 13.2 Å². The van der Waals surface area contributed by atoms with Crippen LogP contribution in [0.4, 0.5) is 0 Å². The maximum Gasteiger partial charge on any atom is 0.0622 e. The standard InChI is InChI=1S/C11H24N2OS/c1-3-10-9-14-6-5-13(10)11(8-12)4-7-15-2/h10-11H,3-9,12H2,1-2H3. The zero-order valence-corrected chi connectivity index (χ0v) is 10.8. The van der Waals surface area contributed by atoms with E-state index in [1.807, 2.05) is 11.8 Å². The van der Waals surface area contributed by atoms with E-state index in [-0.39, 0.29) is 0 Å². The second-order valence-electron chi connectivity index (χ2n) is 4.05. The molecular formula is C11H24N2OS. The topological polar surface area (TPSA) is 38.5 Å². The lowest BCUT2D eigenvalue weighted by Crippen LogP contribution is -2.53. The van der Waals surface area contributed by atoms with Crippen molar-refractivity contribution in [3.05, 3.63) is 0 Å². The van der Waals surface area contributed by atoms with Crippen molar-refractivity contribution in [1.82, 2.24) is 4.90 Å². The van der Waals surface area contributed by atoms with Crippen LogP contribution in [-0.2, 0) is 4.74 Å². The summed E-state index contributed by atoms with van der Waals surface area (Å²) in [4.78, 5) is 2.56. The summed E-state index contributed by atoms with van der Waals surface area (Å²) >= 11 is 1.90. The fourth-order valence-corrected chi connectivity index (χ4v) is 2.68. The molecule has 15 heavy (non-hydrogen) atoms. The molecule has 2 atom stereocenters. The third-order valence-corrected chi connectivity index (χ3v) is 3.78.